The molecule has 0 amide bonds. The summed E-state index contributed by atoms with van der Waals surface area (Å²) in [6.07, 6.45) is 4.42. The predicted octanol–water partition coefficient (Wildman–Crippen LogP) is 1.45. The van der Waals surface area contributed by atoms with Crippen LogP contribution in [0.15, 0.2) is 17.2 Å². The number of methoxy groups -OCH3 is 1. The molecule has 0 bridgehead atoms. The van der Waals surface area contributed by atoms with Crippen molar-refractivity contribution in [3.05, 3.63) is 34.5 Å². The number of hydrogen-bond donors (Lipinski definition) is 3. The van der Waals surface area contributed by atoms with Gasteiger partial charge in [0.2, 0.25) is 10.0 Å². The summed E-state index contributed by atoms with van der Waals surface area (Å²) in [5.74, 6) is 1.36. The van der Waals surface area contributed by atoms with Gasteiger partial charge in [0.05, 0.1) is 23.9 Å². The minimum absolute atomic E-state index is 0.0417. The first-order chi connectivity index (χ1) is 16.2. The zero-order valence-electron chi connectivity index (χ0n) is 20.1. The number of aromatic nitrogens is 3. The van der Waals surface area contributed by atoms with E-state index in [4.69, 9.17) is 16.3 Å². The molecule has 2 aromatic rings. The highest BCUT2D eigenvalue weighted by molar-refractivity contribution is 7.89. The Hall–Kier alpha value is -1.76. The Morgan fingerprint density at radius 1 is 1.38 bits per heavy atom. The maximum absolute atomic E-state index is 12.6. The molecule has 0 spiro atoms. The van der Waals surface area contributed by atoms with Gasteiger partial charge in [-0.2, -0.15) is 0 Å². The van der Waals surface area contributed by atoms with Crippen molar-refractivity contribution in [1.82, 2.24) is 24.2 Å². The summed E-state index contributed by atoms with van der Waals surface area (Å²) in [6.45, 7) is 5.10. The van der Waals surface area contributed by atoms with Gasteiger partial charge in [0.15, 0.2) is 0 Å². The Morgan fingerprint density at radius 3 is 2.88 bits per heavy atom. The molecule has 0 aromatic carbocycles. The second-order valence-corrected chi connectivity index (χ2v) is 10.7. The first kappa shape index (κ1) is 26.8. The third kappa shape index (κ3) is 6.89. The summed E-state index contributed by atoms with van der Waals surface area (Å²) in [7, 11) is -0.0705. The van der Waals surface area contributed by atoms with Gasteiger partial charge < -0.3 is 24.6 Å². The van der Waals surface area contributed by atoms with Crippen molar-refractivity contribution < 1.29 is 18.3 Å². The average Bonchev–Trinajstić information content (AvgIpc) is 3.11. The van der Waals surface area contributed by atoms with Crippen LogP contribution in [0.1, 0.15) is 30.1 Å². The summed E-state index contributed by atoms with van der Waals surface area (Å²) < 4.78 is 35.0. The van der Waals surface area contributed by atoms with Crippen molar-refractivity contribution in [1.29, 1.82) is 0 Å². The third-order valence-corrected chi connectivity index (χ3v) is 7.71. The van der Waals surface area contributed by atoms with Gasteiger partial charge in [-0.05, 0) is 45.8 Å². The average molecular weight is 515 g/mol. The largest absolute Gasteiger partial charge is 0.395 e. The number of nitrogens with zero attached hydrogens (tertiary/aromatic N) is 4. The molecular formula is C22H35ClN6O4S. The van der Waals surface area contributed by atoms with Crippen LogP contribution in [0.25, 0.3) is 0 Å². The van der Waals surface area contributed by atoms with E-state index in [0.29, 0.717) is 38.4 Å². The lowest BCUT2D eigenvalue weighted by atomic mass is 9.96. The van der Waals surface area contributed by atoms with Crippen LogP contribution in [-0.2, 0) is 34.1 Å². The van der Waals surface area contributed by atoms with Crippen LogP contribution in [0.5, 0.6) is 0 Å². The number of aliphatic hydroxyl groups is 1. The predicted molar refractivity (Wildman–Crippen MR) is 132 cm³/mol. The number of fused-ring (bicyclic) bond motifs is 1. The zero-order chi connectivity index (χ0) is 24.7. The van der Waals surface area contributed by atoms with E-state index < -0.39 is 10.0 Å². The minimum Gasteiger partial charge on any atom is -0.395 e. The molecule has 1 aliphatic carbocycles. The summed E-state index contributed by atoms with van der Waals surface area (Å²) in [5, 5.41) is 12.9. The molecule has 2 heterocycles. The highest BCUT2D eigenvalue weighted by Crippen LogP contribution is 2.28. The maximum atomic E-state index is 12.6. The standard InChI is InChI=1S/C22H35ClN6O4S/c1-16-26-20-13-17(5-6-21(20)29(16)9-11-30)27-22-19(23)14-18(15-24-22)34(31,32)25-7-4-8-28(2)10-12-33-3/h14-15,17,25,30H,4-13H2,1-3H3,(H,24,27). The Balaban J connectivity index is 1.56. The van der Waals surface area contributed by atoms with Gasteiger partial charge >= 0.3 is 0 Å². The SMILES string of the molecule is COCCN(C)CCCNS(=O)(=O)c1cnc(NC2CCc3c(nc(C)n3CCO)C2)c(Cl)c1. The molecule has 0 fully saturated rings. The number of imidazole rings is 1. The highest BCUT2D eigenvalue weighted by atomic mass is 35.5. The van der Waals surface area contributed by atoms with Gasteiger partial charge in [-0.15, -0.1) is 0 Å². The lowest BCUT2D eigenvalue weighted by molar-refractivity contribution is 0.161. The molecular weight excluding hydrogens is 480 g/mol. The van der Waals surface area contributed by atoms with Crippen LogP contribution in [0, 0.1) is 6.92 Å². The van der Waals surface area contributed by atoms with Gasteiger partial charge in [0.1, 0.15) is 16.5 Å². The van der Waals surface area contributed by atoms with Crippen LogP contribution >= 0.6 is 11.6 Å². The number of nitrogens with one attached hydrogen (secondary N) is 2. The van der Waals surface area contributed by atoms with Gasteiger partial charge in [-0.1, -0.05) is 11.6 Å². The van der Waals surface area contributed by atoms with Crippen molar-refractivity contribution in [3.63, 3.8) is 0 Å². The molecule has 0 aliphatic heterocycles. The highest BCUT2D eigenvalue weighted by Gasteiger charge is 2.25. The molecule has 2 aromatic heterocycles. The molecule has 0 saturated heterocycles. The molecule has 34 heavy (non-hydrogen) atoms. The molecule has 0 radical (unpaired) electrons. The monoisotopic (exact) mass is 514 g/mol. The van der Waals surface area contributed by atoms with Gasteiger partial charge in [-0.25, -0.2) is 23.1 Å². The molecule has 12 heteroatoms. The lowest BCUT2D eigenvalue weighted by Gasteiger charge is -2.24. The van der Waals surface area contributed by atoms with Crippen LogP contribution in [-0.4, -0.2) is 86.0 Å². The van der Waals surface area contributed by atoms with Crippen molar-refractivity contribution in [2.24, 2.45) is 0 Å². The number of rotatable bonds is 13. The Kier molecular flexibility index (Phi) is 9.69. The van der Waals surface area contributed by atoms with Crippen LogP contribution in [0.4, 0.5) is 5.82 Å². The van der Waals surface area contributed by atoms with E-state index in [1.54, 1.807) is 7.11 Å². The van der Waals surface area contributed by atoms with Crippen molar-refractivity contribution >= 4 is 27.4 Å². The van der Waals surface area contributed by atoms with Crippen molar-refractivity contribution in [2.45, 2.75) is 50.1 Å². The van der Waals surface area contributed by atoms with E-state index in [-0.39, 0.29) is 22.6 Å². The molecule has 1 unspecified atom stereocenters. The van der Waals surface area contributed by atoms with E-state index >= 15 is 0 Å². The molecule has 1 aliphatic rings. The Morgan fingerprint density at radius 2 is 2.18 bits per heavy atom. The number of aryl methyl sites for hydroxylation is 1. The van der Waals surface area contributed by atoms with E-state index in [9.17, 15) is 13.5 Å². The number of anilines is 1. The van der Waals surface area contributed by atoms with Crippen molar-refractivity contribution in [3.8, 4) is 0 Å². The second-order valence-electron chi connectivity index (χ2n) is 8.56. The summed E-state index contributed by atoms with van der Waals surface area (Å²) in [4.78, 5) is 11.1. The number of pyridine rings is 1. The van der Waals surface area contributed by atoms with Gasteiger partial charge in [0.25, 0.3) is 0 Å². The fourth-order valence-corrected chi connectivity index (χ4v) is 5.47. The van der Waals surface area contributed by atoms with Gasteiger partial charge in [-0.3, -0.25) is 0 Å². The number of aliphatic hydroxyl groups excluding tert-OH is 1. The quantitative estimate of drug-likeness (QED) is 0.343. The van der Waals surface area contributed by atoms with Crippen LogP contribution < -0.4 is 10.0 Å². The molecule has 3 rings (SSSR count). The van der Waals surface area contributed by atoms with Crippen molar-refractivity contribution in [2.75, 3.05) is 52.3 Å². The van der Waals surface area contributed by atoms with E-state index in [2.05, 4.69) is 29.5 Å². The third-order valence-electron chi connectivity index (χ3n) is 5.99. The Labute approximate surface area is 206 Å². The first-order valence-corrected chi connectivity index (χ1v) is 13.4. The fraction of sp³-hybridized carbons (Fsp3) is 0.636. The molecule has 3 N–H and O–H groups in total. The molecule has 190 valence electrons. The summed E-state index contributed by atoms with van der Waals surface area (Å²) >= 11 is 6.39. The maximum Gasteiger partial charge on any atom is 0.242 e. The number of likely N-dealkylation sites (N-methyl/N-ethyl adjacent to an activating group) is 1. The number of halogens is 1. The smallest absolute Gasteiger partial charge is 0.242 e. The van der Waals surface area contributed by atoms with Gasteiger partial charge in [0, 0.05) is 51.1 Å². The Bertz CT molecular complexity index is 1060. The first-order valence-electron chi connectivity index (χ1n) is 11.5. The number of ether oxygens (including phenoxy) is 1. The van der Waals surface area contributed by atoms with Crippen LogP contribution in [0.3, 0.4) is 0 Å². The number of sulfonamides is 1. The topological polar surface area (TPSA) is 122 Å². The zero-order valence-corrected chi connectivity index (χ0v) is 21.6. The second kappa shape index (κ2) is 12.3. The number of hydrogen-bond acceptors (Lipinski definition) is 8. The molecule has 10 nitrogen and oxygen atoms in total. The fourth-order valence-electron chi connectivity index (χ4n) is 4.15. The van der Waals surface area contributed by atoms with E-state index in [0.717, 1.165) is 37.4 Å². The normalized spacial score (nSPS) is 16.1. The lowest BCUT2D eigenvalue weighted by Crippen LogP contribution is -2.30. The van der Waals surface area contributed by atoms with Crippen LogP contribution in [0.2, 0.25) is 5.02 Å². The van der Waals surface area contributed by atoms with E-state index in [1.807, 2.05) is 14.0 Å². The molecule has 1 atom stereocenters. The summed E-state index contributed by atoms with van der Waals surface area (Å²) in [5.41, 5.74) is 2.18. The minimum atomic E-state index is -3.70. The molecule has 0 saturated carbocycles. The van der Waals surface area contributed by atoms with E-state index in [1.165, 1.54) is 18.0 Å². The summed E-state index contributed by atoms with van der Waals surface area (Å²) in [6, 6.07) is 1.52.